The molecule has 0 fully saturated rings. The van der Waals surface area contributed by atoms with Gasteiger partial charge in [-0.2, -0.15) is 0 Å². The van der Waals surface area contributed by atoms with Gasteiger partial charge in [-0.05, 0) is 23.6 Å². The summed E-state index contributed by atoms with van der Waals surface area (Å²) in [5.41, 5.74) is 1.83. The highest BCUT2D eigenvalue weighted by Crippen LogP contribution is 2.28. The molecule has 0 saturated carbocycles. The molecule has 0 saturated heterocycles. The van der Waals surface area contributed by atoms with Crippen LogP contribution in [0.1, 0.15) is 9.67 Å². The average molecular weight is 335 g/mol. The topological polar surface area (TPSA) is 33.2 Å². The van der Waals surface area contributed by atoms with E-state index in [2.05, 4.69) is 4.98 Å². The van der Waals surface area contributed by atoms with Gasteiger partial charge in [-0.25, -0.2) is 4.98 Å². The van der Waals surface area contributed by atoms with Gasteiger partial charge in [-0.1, -0.05) is 29.8 Å². The lowest BCUT2D eigenvalue weighted by atomic mass is 10.2. The van der Waals surface area contributed by atoms with Crippen molar-refractivity contribution in [2.75, 3.05) is 11.9 Å². The van der Waals surface area contributed by atoms with Crippen molar-refractivity contribution in [1.29, 1.82) is 0 Å². The number of hydrogen-bond acceptors (Lipinski definition) is 4. The Kier molecular flexibility index (Phi) is 4.05. The number of carbonyl (C=O) groups is 1. The van der Waals surface area contributed by atoms with Gasteiger partial charge in [0.05, 0.1) is 10.6 Å². The van der Waals surface area contributed by atoms with Crippen molar-refractivity contribution in [3.63, 3.8) is 0 Å². The Morgan fingerprint density at radius 1 is 1.19 bits per heavy atom. The van der Waals surface area contributed by atoms with Crippen LogP contribution in [0.25, 0.3) is 11.3 Å². The zero-order chi connectivity index (χ0) is 14.8. The molecule has 0 aliphatic heterocycles. The van der Waals surface area contributed by atoms with E-state index in [4.69, 9.17) is 11.6 Å². The summed E-state index contributed by atoms with van der Waals surface area (Å²) < 4.78 is 0. The summed E-state index contributed by atoms with van der Waals surface area (Å²) in [6.07, 6.45) is 0. The van der Waals surface area contributed by atoms with Crippen molar-refractivity contribution < 1.29 is 4.79 Å². The molecule has 0 spiro atoms. The number of carbonyl (C=O) groups excluding carboxylic acids is 1. The summed E-state index contributed by atoms with van der Waals surface area (Å²) in [6.45, 7) is 0. The van der Waals surface area contributed by atoms with Crippen LogP contribution in [0.5, 0.6) is 0 Å². The normalized spacial score (nSPS) is 10.6. The lowest BCUT2D eigenvalue weighted by Crippen LogP contribution is -2.25. The molecule has 2 heterocycles. The number of nitrogens with zero attached hydrogens (tertiary/aromatic N) is 2. The third kappa shape index (κ3) is 3.00. The lowest BCUT2D eigenvalue weighted by Gasteiger charge is -2.12. The van der Waals surface area contributed by atoms with Crippen LogP contribution >= 0.6 is 34.3 Å². The first kappa shape index (κ1) is 14.3. The Morgan fingerprint density at radius 3 is 2.62 bits per heavy atom. The first-order valence-corrected chi connectivity index (χ1v) is 8.32. The number of aromatic nitrogens is 1. The molecule has 3 rings (SSSR count). The molecule has 3 aromatic rings. The zero-order valence-electron chi connectivity index (χ0n) is 11.1. The van der Waals surface area contributed by atoms with Crippen molar-refractivity contribution in [2.45, 2.75) is 0 Å². The monoisotopic (exact) mass is 334 g/mol. The number of anilines is 1. The number of benzene rings is 1. The van der Waals surface area contributed by atoms with Gasteiger partial charge in [0.25, 0.3) is 5.91 Å². The predicted molar refractivity (Wildman–Crippen MR) is 89.6 cm³/mol. The van der Waals surface area contributed by atoms with Crippen LogP contribution in [-0.2, 0) is 0 Å². The molecule has 6 heteroatoms. The van der Waals surface area contributed by atoms with E-state index in [1.165, 1.54) is 22.7 Å². The highest BCUT2D eigenvalue weighted by Gasteiger charge is 2.17. The highest BCUT2D eigenvalue weighted by atomic mass is 35.5. The van der Waals surface area contributed by atoms with Crippen LogP contribution in [0.3, 0.4) is 0 Å². The van der Waals surface area contributed by atoms with Crippen molar-refractivity contribution in [3.8, 4) is 11.3 Å². The van der Waals surface area contributed by atoms with Gasteiger partial charge in [-0.3, -0.25) is 9.69 Å². The highest BCUT2D eigenvalue weighted by molar-refractivity contribution is 7.14. The number of amides is 1. The molecule has 0 aliphatic carbocycles. The summed E-state index contributed by atoms with van der Waals surface area (Å²) in [5.74, 6) is -0.0398. The minimum absolute atomic E-state index is 0.0398. The van der Waals surface area contributed by atoms with Crippen molar-refractivity contribution >= 4 is 45.3 Å². The molecule has 0 bridgehead atoms. The third-order valence-electron chi connectivity index (χ3n) is 2.96. The summed E-state index contributed by atoms with van der Waals surface area (Å²) in [6, 6.07) is 11.2. The Bertz CT molecular complexity index is 750. The Balaban J connectivity index is 1.84. The van der Waals surface area contributed by atoms with Crippen molar-refractivity contribution in [1.82, 2.24) is 4.98 Å². The van der Waals surface area contributed by atoms with E-state index in [1.807, 2.05) is 47.2 Å². The Hall–Kier alpha value is -1.69. The summed E-state index contributed by atoms with van der Waals surface area (Å²) in [4.78, 5) is 19.1. The molecule has 21 heavy (non-hydrogen) atoms. The first-order chi connectivity index (χ1) is 10.1. The summed E-state index contributed by atoms with van der Waals surface area (Å²) in [5, 5.41) is 5.20. The first-order valence-electron chi connectivity index (χ1n) is 6.18. The molecule has 3 nitrogen and oxygen atoms in total. The lowest BCUT2D eigenvalue weighted by molar-refractivity contribution is 0.0997. The number of thiophene rings is 1. The van der Waals surface area contributed by atoms with E-state index < -0.39 is 0 Å². The predicted octanol–water partition coefficient (Wildman–Crippen LogP) is 4.80. The van der Waals surface area contributed by atoms with Crippen LogP contribution in [0.2, 0.25) is 5.02 Å². The maximum atomic E-state index is 12.3. The van der Waals surface area contributed by atoms with Crippen LogP contribution in [-0.4, -0.2) is 17.9 Å². The van der Waals surface area contributed by atoms with Crippen LogP contribution < -0.4 is 4.90 Å². The molecule has 106 valence electrons. The van der Waals surface area contributed by atoms with Gasteiger partial charge in [0.2, 0.25) is 0 Å². The molecule has 0 radical (unpaired) electrons. The van der Waals surface area contributed by atoms with Gasteiger partial charge in [0.1, 0.15) is 0 Å². The minimum Gasteiger partial charge on any atom is -0.286 e. The van der Waals surface area contributed by atoms with Gasteiger partial charge in [0.15, 0.2) is 5.13 Å². The summed E-state index contributed by atoms with van der Waals surface area (Å²) in [7, 11) is 1.74. The second-order valence-electron chi connectivity index (χ2n) is 4.36. The molecule has 0 aliphatic rings. The largest absolute Gasteiger partial charge is 0.286 e. The Labute approximate surface area is 135 Å². The number of halogens is 1. The molecule has 0 N–H and O–H groups in total. The fourth-order valence-corrected chi connectivity index (χ4v) is 3.45. The molecular weight excluding hydrogens is 324 g/mol. The molecular formula is C15H11ClN2OS2. The maximum Gasteiger partial charge on any atom is 0.269 e. The third-order valence-corrected chi connectivity index (χ3v) is 4.98. The second kappa shape index (κ2) is 5.97. The smallest absolute Gasteiger partial charge is 0.269 e. The van der Waals surface area contributed by atoms with E-state index in [1.54, 1.807) is 11.9 Å². The van der Waals surface area contributed by atoms with Gasteiger partial charge < -0.3 is 0 Å². The van der Waals surface area contributed by atoms with Crippen molar-refractivity contribution in [3.05, 3.63) is 57.1 Å². The maximum absolute atomic E-state index is 12.3. The van der Waals surface area contributed by atoms with E-state index in [9.17, 15) is 4.79 Å². The fraction of sp³-hybridized carbons (Fsp3) is 0.0667. The minimum atomic E-state index is -0.0398. The molecule has 0 unspecified atom stereocenters. The number of rotatable bonds is 3. The van der Waals surface area contributed by atoms with Crippen molar-refractivity contribution in [2.24, 2.45) is 0 Å². The second-order valence-corrected chi connectivity index (χ2v) is 6.58. The Morgan fingerprint density at radius 2 is 1.95 bits per heavy atom. The van der Waals surface area contributed by atoms with Crippen LogP contribution in [0.15, 0.2) is 47.2 Å². The fourth-order valence-electron chi connectivity index (χ4n) is 1.82. The quantitative estimate of drug-likeness (QED) is 0.689. The van der Waals surface area contributed by atoms with E-state index in [-0.39, 0.29) is 5.91 Å². The standard InChI is InChI=1S/C15H11ClN2OS2/c1-18(14(19)13-3-2-8-20-13)15-17-12(9-21-15)10-4-6-11(16)7-5-10/h2-9H,1H3. The number of thiazole rings is 1. The zero-order valence-corrected chi connectivity index (χ0v) is 13.5. The average Bonchev–Trinajstić information content (AvgIpc) is 3.18. The van der Waals surface area contributed by atoms with E-state index in [0.29, 0.717) is 15.0 Å². The van der Waals surface area contributed by atoms with Crippen LogP contribution in [0, 0.1) is 0 Å². The SMILES string of the molecule is CN(C(=O)c1cccs1)c1nc(-c2ccc(Cl)cc2)cs1. The number of hydrogen-bond donors (Lipinski definition) is 0. The van der Waals surface area contributed by atoms with E-state index >= 15 is 0 Å². The van der Waals surface area contributed by atoms with Gasteiger partial charge in [-0.15, -0.1) is 22.7 Å². The molecule has 2 aromatic heterocycles. The van der Waals surface area contributed by atoms with E-state index in [0.717, 1.165) is 11.3 Å². The van der Waals surface area contributed by atoms with Crippen LogP contribution in [0.4, 0.5) is 5.13 Å². The van der Waals surface area contributed by atoms with Gasteiger partial charge >= 0.3 is 0 Å². The molecule has 1 amide bonds. The summed E-state index contributed by atoms with van der Waals surface area (Å²) >= 11 is 8.76. The molecule has 1 aromatic carbocycles. The van der Waals surface area contributed by atoms with Gasteiger partial charge in [0, 0.05) is 23.0 Å². The molecule has 0 atom stereocenters.